The first-order valence-corrected chi connectivity index (χ1v) is 14.6. The van der Waals surface area contributed by atoms with Crippen LogP contribution in [0.1, 0.15) is 0 Å². The number of hydrogen-bond donors (Lipinski definition) is 2. The van der Waals surface area contributed by atoms with Crippen molar-refractivity contribution in [1.29, 1.82) is 0 Å². The Kier molecular flexibility index (Phi) is 7.87. The summed E-state index contributed by atoms with van der Waals surface area (Å²) in [4.78, 5) is 24.4. The predicted octanol–water partition coefficient (Wildman–Crippen LogP) is 4.53. The summed E-state index contributed by atoms with van der Waals surface area (Å²) in [6, 6.07) is 10.3. The van der Waals surface area contributed by atoms with Crippen LogP contribution in [-0.4, -0.2) is 73.5 Å². The summed E-state index contributed by atoms with van der Waals surface area (Å²) in [5.74, 6) is 0.860. The fourth-order valence-electron chi connectivity index (χ4n) is 4.08. The maximum atomic E-state index is 12.7. The first-order valence-electron chi connectivity index (χ1n) is 11.6. The van der Waals surface area contributed by atoms with E-state index in [-0.39, 0.29) is 16.7 Å². The molecule has 0 bridgehead atoms. The molecule has 3 aromatic rings. The van der Waals surface area contributed by atoms with Crippen molar-refractivity contribution < 1.29 is 14.2 Å². The first kappa shape index (κ1) is 26.7. The predicted molar refractivity (Wildman–Crippen MR) is 148 cm³/mol. The number of rotatable bonds is 8. The molecule has 1 fully saturated rings. The average molecular weight is 546 g/mol. The van der Waals surface area contributed by atoms with E-state index < -0.39 is 12.1 Å². The van der Waals surface area contributed by atoms with Crippen molar-refractivity contribution in [2.45, 2.75) is 0 Å². The number of likely N-dealkylation sites (N-methyl/N-ethyl adjacent to an activating group) is 1. The normalized spacial score (nSPS) is 14.4. The molecule has 0 spiro atoms. The topological polar surface area (TPSA) is 126 Å². The van der Waals surface area contributed by atoms with E-state index in [1.54, 1.807) is 31.5 Å². The van der Waals surface area contributed by atoms with Gasteiger partial charge in [-0.3, -0.25) is 10.1 Å². The standard InChI is InChI=1S/C24H29ClN7O4P/c1-30-9-11-31(12-10-30)19-14-21(36-2)18(13-20(19)32(33)34)28-24-26-15-16(25)23(29-24)27-17-7-5-6-8-22(17)37(3,4)35/h5-8,13-15H,9-12H2,1-4H3,(H2,26,27,28,29). The Morgan fingerprint density at radius 2 is 1.81 bits per heavy atom. The number of ether oxygens (including phenoxy) is 1. The molecule has 1 aliphatic heterocycles. The largest absolute Gasteiger partial charge is 0.494 e. The third kappa shape index (κ3) is 6.12. The third-order valence-corrected chi connectivity index (χ3v) is 7.89. The third-order valence-electron chi connectivity index (χ3n) is 6.07. The van der Waals surface area contributed by atoms with Gasteiger partial charge in [0.2, 0.25) is 5.95 Å². The van der Waals surface area contributed by atoms with Gasteiger partial charge >= 0.3 is 0 Å². The summed E-state index contributed by atoms with van der Waals surface area (Å²) in [6.07, 6.45) is 1.42. The van der Waals surface area contributed by atoms with Gasteiger partial charge in [-0.25, -0.2) is 4.98 Å². The lowest BCUT2D eigenvalue weighted by Crippen LogP contribution is -2.44. The zero-order valence-electron chi connectivity index (χ0n) is 21.1. The summed E-state index contributed by atoms with van der Waals surface area (Å²) in [5, 5.41) is 19.0. The van der Waals surface area contributed by atoms with Gasteiger partial charge in [-0.2, -0.15) is 4.98 Å². The molecule has 11 nitrogen and oxygen atoms in total. The Labute approximate surface area is 220 Å². The van der Waals surface area contributed by atoms with Crippen LogP contribution < -0.4 is 25.6 Å². The highest BCUT2D eigenvalue weighted by molar-refractivity contribution is 7.70. The summed E-state index contributed by atoms with van der Waals surface area (Å²) < 4.78 is 18.3. The molecule has 2 heterocycles. The number of aromatic nitrogens is 2. The molecule has 0 saturated carbocycles. The van der Waals surface area contributed by atoms with Crippen LogP contribution in [0.4, 0.5) is 34.5 Å². The van der Waals surface area contributed by atoms with Crippen molar-refractivity contribution in [3.8, 4) is 5.75 Å². The number of anilines is 5. The number of benzene rings is 2. The lowest BCUT2D eigenvalue weighted by atomic mass is 10.1. The number of nitro groups is 1. The van der Waals surface area contributed by atoms with Crippen LogP contribution >= 0.6 is 18.7 Å². The highest BCUT2D eigenvalue weighted by Gasteiger charge is 2.26. The SMILES string of the molecule is COc1cc(N2CCN(C)CC2)c([N+](=O)[O-])cc1Nc1ncc(Cl)c(Nc2ccccc2P(C)(C)=O)n1. The second-order valence-corrected chi connectivity index (χ2v) is 12.7. The Hall–Kier alpha value is -3.40. The van der Waals surface area contributed by atoms with Crippen molar-refractivity contribution in [3.05, 3.63) is 57.7 Å². The van der Waals surface area contributed by atoms with E-state index in [1.807, 2.05) is 24.1 Å². The second kappa shape index (κ2) is 10.9. The smallest absolute Gasteiger partial charge is 0.294 e. The summed E-state index contributed by atoms with van der Waals surface area (Å²) in [7, 11) is 0.953. The molecule has 0 atom stereocenters. The van der Waals surface area contributed by atoms with E-state index >= 15 is 0 Å². The molecular formula is C24H29ClN7O4P. The molecule has 0 aliphatic carbocycles. The number of nitrogens with one attached hydrogen (secondary N) is 2. The van der Waals surface area contributed by atoms with E-state index in [0.29, 0.717) is 47.0 Å². The minimum atomic E-state index is -2.57. The number of hydrogen-bond acceptors (Lipinski definition) is 10. The lowest BCUT2D eigenvalue weighted by molar-refractivity contribution is -0.384. The van der Waals surface area contributed by atoms with Crippen LogP contribution in [0.5, 0.6) is 5.75 Å². The van der Waals surface area contributed by atoms with Crippen molar-refractivity contribution in [2.24, 2.45) is 0 Å². The average Bonchev–Trinajstić information content (AvgIpc) is 2.86. The van der Waals surface area contributed by atoms with Gasteiger partial charge in [0.1, 0.15) is 23.6 Å². The van der Waals surface area contributed by atoms with Gasteiger partial charge in [0.25, 0.3) is 5.69 Å². The van der Waals surface area contributed by atoms with Gasteiger partial charge < -0.3 is 29.7 Å². The van der Waals surface area contributed by atoms with Gasteiger partial charge in [0.05, 0.1) is 29.6 Å². The lowest BCUT2D eigenvalue weighted by Gasteiger charge is -2.34. The zero-order valence-corrected chi connectivity index (χ0v) is 22.7. The van der Waals surface area contributed by atoms with Gasteiger partial charge in [-0.1, -0.05) is 23.7 Å². The molecule has 13 heteroatoms. The number of nitro benzene ring substituents is 1. The van der Waals surface area contributed by atoms with Gasteiger partial charge in [-0.15, -0.1) is 0 Å². The van der Waals surface area contributed by atoms with Gasteiger partial charge in [0.15, 0.2) is 5.82 Å². The first-order chi connectivity index (χ1) is 17.6. The maximum Gasteiger partial charge on any atom is 0.294 e. The molecule has 1 aromatic heterocycles. The molecule has 2 aromatic carbocycles. The molecule has 37 heavy (non-hydrogen) atoms. The summed E-state index contributed by atoms with van der Waals surface area (Å²) in [5.41, 5.74) is 1.41. The fraction of sp³-hybridized carbons (Fsp3) is 0.333. The highest BCUT2D eigenvalue weighted by atomic mass is 35.5. The van der Waals surface area contributed by atoms with Crippen LogP contribution in [0, 0.1) is 10.1 Å². The molecule has 0 unspecified atom stereocenters. The van der Waals surface area contributed by atoms with Crippen molar-refractivity contribution >= 4 is 58.6 Å². The molecule has 0 radical (unpaired) electrons. The Balaban J connectivity index is 1.66. The van der Waals surface area contributed by atoms with Crippen molar-refractivity contribution in [3.63, 3.8) is 0 Å². The van der Waals surface area contributed by atoms with Crippen molar-refractivity contribution in [1.82, 2.24) is 14.9 Å². The summed E-state index contributed by atoms with van der Waals surface area (Å²) >= 11 is 6.35. The number of nitrogens with zero attached hydrogens (tertiary/aromatic N) is 5. The second-order valence-electron chi connectivity index (χ2n) is 9.10. The number of piperazine rings is 1. The minimum Gasteiger partial charge on any atom is -0.494 e. The van der Waals surface area contributed by atoms with Crippen LogP contribution in [0.15, 0.2) is 42.6 Å². The van der Waals surface area contributed by atoms with E-state index in [0.717, 1.165) is 13.1 Å². The zero-order chi connectivity index (χ0) is 26.7. The monoisotopic (exact) mass is 545 g/mol. The van der Waals surface area contributed by atoms with Crippen LogP contribution in [-0.2, 0) is 4.57 Å². The van der Waals surface area contributed by atoms with Crippen molar-refractivity contribution in [2.75, 3.05) is 69.2 Å². The minimum absolute atomic E-state index is 0.0456. The van der Waals surface area contributed by atoms with Gasteiger partial charge in [0, 0.05) is 43.6 Å². The Morgan fingerprint density at radius 3 is 2.46 bits per heavy atom. The molecule has 2 N–H and O–H groups in total. The molecule has 4 rings (SSSR count). The van der Waals surface area contributed by atoms with Gasteiger partial charge in [-0.05, 0) is 32.5 Å². The maximum absolute atomic E-state index is 12.7. The van der Waals surface area contributed by atoms with Crippen LogP contribution in [0.2, 0.25) is 5.02 Å². The molecule has 0 amide bonds. The summed E-state index contributed by atoms with van der Waals surface area (Å²) in [6.45, 7) is 6.34. The molecule has 196 valence electrons. The number of halogens is 1. The number of methoxy groups -OCH3 is 1. The van der Waals surface area contributed by atoms with E-state index in [4.69, 9.17) is 16.3 Å². The Bertz CT molecular complexity index is 1360. The molecular weight excluding hydrogens is 517 g/mol. The Morgan fingerprint density at radius 1 is 1.11 bits per heavy atom. The highest BCUT2D eigenvalue weighted by Crippen LogP contribution is 2.41. The molecule has 1 aliphatic rings. The quantitative estimate of drug-likeness (QED) is 0.237. The van der Waals surface area contributed by atoms with E-state index in [1.165, 1.54) is 19.4 Å². The molecule has 1 saturated heterocycles. The van der Waals surface area contributed by atoms with Crippen LogP contribution in [0.3, 0.4) is 0 Å². The van der Waals surface area contributed by atoms with E-state index in [9.17, 15) is 14.7 Å². The van der Waals surface area contributed by atoms with E-state index in [2.05, 4.69) is 25.5 Å². The fourth-order valence-corrected chi connectivity index (χ4v) is 5.38. The number of para-hydroxylation sites is 1. The van der Waals surface area contributed by atoms with Crippen LogP contribution in [0.25, 0.3) is 0 Å².